The molecular weight excluding hydrogens is 234 g/mol. The fraction of sp³-hybridized carbons (Fsp3) is 0. The van der Waals surface area contributed by atoms with Crippen molar-refractivity contribution in [2.45, 2.75) is 0 Å². The fourth-order valence-corrected chi connectivity index (χ4v) is 3.15. The van der Waals surface area contributed by atoms with Gasteiger partial charge in [-0.2, -0.15) is 0 Å². The molecule has 0 aliphatic rings. The zero-order chi connectivity index (χ0) is 11.0. The molecule has 0 atom stereocenters. The van der Waals surface area contributed by atoms with Gasteiger partial charge >= 0.3 is 0 Å². The molecule has 1 aromatic heterocycles. The van der Waals surface area contributed by atoms with E-state index < -0.39 is 0 Å². The van der Waals surface area contributed by atoms with Crippen molar-refractivity contribution in [2.75, 3.05) is 0 Å². The van der Waals surface area contributed by atoms with Crippen LogP contribution in [0, 0.1) is 3.95 Å². The van der Waals surface area contributed by atoms with E-state index in [1.54, 1.807) is 11.3 Å². The number of thiazole rings is 1. The molecule has 3 rings (SSSR count). The SMILES string of the molecule is S=c1sc2ccccc2n1-c1ccccc1. The Morgan fingerprint density at radius 3 is 2.38 bits per heavy atom. The predicted molar refractivity (Wildman–Crippen MR) is 72.0 cm³/mol. The molecule has 78 valence electrons. The summed E-state index contributed by atoms with van der Waals surface area (Å²) in [7, 11) is 0. The minimum absolute atomic E-state index is 0.896. The zero-order valence-corrected chi connectivity index (χ0v) is 10.1. The first-order valence-electron chi connectivity index (χ1n) is 5.02. The van der Waals surface area contributed by atoms with Crippen LogP contribution in [-0.4, -0.2) is 4.57 Å². The molecule has 0 fully saturated rings. The van der Waals surface area contributed by atoms with Gasteiger partial charge in [-0.05, 0) is 36.5 Å². The standard InChI is InChI=1S/C13H9NS2/c15-13-14(10-6-2-1-3-7-10)11-8-4-5-9-12(11)16-13/h1-9H. The Morgan fingerprint density at radius 2 is 1.56 bits per heavy atom. The topological polar surface area (TPSA) is 4.93 Å². The summed E-state index contributed by atoms with van der Waals surface area (Å²) in [6.45, 7) is 0. The van der Waals surface area contributed by atoms with Crippen LogP contribution in [0.15, 0.2) is 54.6 Å². The highest BCUT2D eigenvalue weighted by molar-refractivity contribution is 7.73. The van der Waals surface area contributed by atoms with Crippen molar-refractivity contribution in [1.82, 2.24) is 4.57 Å². The first kappa shape index (κ1) is 9.75. The quantitative estimate of drug-likeness (QED) is 0.573. The summed E-state index contributed by atoms with van der Waals surface area (Å²) in [5, 5.41) is 0. The molecule has 1 nitrogen and oxygen atoms in total. The maximum atomic E-state index is 5.42. The number of rotatable bonds is 1. The summed E-state index contributed by atoms with van der Waals surface area (Å²) in [6.07, 6.45) is 0. The van der Waals surface area contributed by atoms with Gasteiger partial charge in [-0.15, -0.1) is 11.3 Å². The van der Waals surface area contributed by atoms with Crippen molar-refractivity contribution >= 4 is 33.8 Å². The van der Waals surface area contributed by atoms with Crippen molar-refractivity contribution < 1.29 is 0 Å². The van der Waals surface area contributed by atoms with E-state index in [0.717, 1.165) is 9.64 Å². The molecule has 0 N–H and O–H groups in total. The molecular formula is C13H9NS2. The summed E-state index contributed by atoms with van der Waals surface area (Å²) in [6, 6.07) is 18.5. The lowest BCUT2D eigenvalue weighted by molar-refractivity contribution is 1.12. The molecule has 0 aliphatic carbocycles. The van der Waals surface area contributed by atoms with E-state index in [0.29, 0.717) is 0 Å². The van der Waals surface area contributed by atoms with Gasteiger partial charge in [-0.25, -0.2) is 0 Å². The summed E-state index contributed by atoms with van der Waals surface area (Å²) >= 11 is 7.07. The van der Waals surface area contributed by atoms with Gasteiger partial charge in [0.2, 0.25) is 0 Å². The Hall–Kier alpha value is -1.45. The summed E-state index contributed by atoms with van der Waals surface area (Å²) < 4.78 is 4.25. The fourth-order valence-electron chi connectivity index (χ4n) is 1.79. The second-order valence-corrected chi connectivity index (χ2v) is 5.18. The summed E-state index contributed by atoms with van der Waals surface area (Å²) in [5.41, 5.74) is 2.31. The van der Waals surface area contributed by atoms with E-state index >= 15 is 0 Å². The average Bonchev–Trinajstić information content (AvgIpc) is 2.66. The van der Waals surface area contributed by atoms with Crippen LogP contribution in [0.4, 0.5) is 0 Å². The Labute approximate surface area is 103 Å². The monoisotopic (exact) mass is 243 g/mol. The molecule has 0 saturated heterocycles. The van der Waals surface area contributed by atoms with Crippen molar-refractivity contribution in [1.29, 1.82) is 0 Å². The van der Waals surface area contributed by atoms with E-state index in [1.165, 1.54) is 10.2 Å². The van der Waals surface area contributed by atoms with Crippen LogP contribution >= 0.6 is 23.6 Å². The molecule has 0 radical (unpaired) electrons. The largest absolute Gasteiger partial charge is 0.291 e. The molecule has 0 saturated carbocycles. The first-order valence-corrected chi connectivity index (χ1v) is 6.25. The van der Waals surface area contributed by atoms with Crippen molar-refractivity contribution in [3.63, 3.8) is 0 Å². The van der Waals surface area contributed by atoms with Gasteiger partial charge in [0.25, 0.3) is 0 Å². The van der Waals surface area contributed by atoms with Crippen LogP contribution in [0.1, 0.15) is 0 Å². The molecule has 3 heteroatoms. The molecule has 0 amide bonds. The number of fused-ring (bicyclic) bond motifs is 1. The lowest BCUT2D eigenvalue weighted by Gasteiger charge is -2.03. The minimum Gasteiger partial charge on any atom is -0.291 e. The number of para-hydroxylation sites is 2. The number of aromatic nitrogens is 1. The van der Waals surface area contributed by atoms with Crippen LogP contribution < -0.4 is 0 Å². The summed E-state index contributed by atoms with van der Waals surface area (Å²) in [4.78, 5) is 0. The highest BCUT2D eigenvalue weighted by Crippen LogP contribution is 2.26. The number of hydrogen-bond acceptors (Lipinski definition) is 2. The third-order valence-corrected chi connectivity index (χ3v) is 3.86. The van der Waals surface area contributed by atoms with Gasteiger partial charge in [0.05, 0.1) is 10.2 Å². The Kier molecular flexibility index (Phi) is 2.35. The average molecular weight is 243 g/mol. The third kappa shape index (κ3) is 1.49. The minimum atomic E-state index is 0.896. The van der Waals surface area contributed by atoms with Crippen molar-refractivity contribution in [3.8, 4) is 5.69 Å². The normalized spacial score (nSPS) is 10.8. The molecule has 0 unspecified atom stereocenters. The number of hydrogen-bond donors (Lipinski definition) is 0. The highest BCUT2D eigenvalue weighted by Gasteiger charge is 2.05. The maximum absolute atomic E-state index is 5.42. The van der Waals surface area contributed by atoms with Gasteiger partial charge in [0.1, 0.15) is 0 Å². The van der Waals surface area contributed by atoms with Crippen molar-refractivity contribution in [2.24, 2.45) is 0 Å². The van der Waals surface area contributed by atoms with Gasteiger partial charge < -0.3 is 0 Å². The Bertz CT molecular complexity index is 680. The lowest BCUT2D eigenvalue weighted by atomic mass is 10.3. The highest BCUT2D eigenvalue weighted by atomic mass is 32.1. The molecule has 0 spiro atoms. The van der Waals surface area contributed by atoms with Gasteiger partial charge in [-0.3, -0.25) is 4.57 Å². The first-order chi connectivity index (χ1) is 7.86. The lowest BCUT2D eigenvalue weighted by Crippen LogP contribution is -1.91. The van der Waals surface area contributed by atoms with E-state index in [4.69, 9.17) is 12.2 Å². The van der Waals surface area contributed by atoms with E-state index in [9.17, 15) is 0 Å². The van der Waals surface area contributed by atoms with E-state index in [2.05, 4.69) is 28.8 Å². The molecule has 2 aromatic carbocycles. The molecule has 0 aliphatic heterocycles. The van der Waals surface area contributed by atoms with Gasteiger partial charge in [0.15, 0.2) is 3.95 Å². The Balaban J connectivity index is 2.40. The number of benzene rings is 2. The van der Waals surface area contributed by atoms with Crippen molar-refractivity contribution in [3.05, 3.63) is 58.6 Å². The van der Waals surface area contributed by atoms with Crippen LogP contribution in [0.3, 0.4) is 0 Å². The summed E-state index contributed by atoms with van der Waals surface area (Å²) in [5.74, 6) is 0. The third-order valence-electron chi connectivity index (χ3n) is 2.50. The van der Waals surface area contributed by atoms with Crippen LogP contribution in [0.5, 0.6) is 0 Å². The number of nitrogens with zero attached hydrogens (tertiary/aromatic N) is 1. The maximum Gasteiger partial charge on any atom is 0.166 e. The molecule has 16 heavy (non-hydrogen) atoms. The van der Waals surface area contributed by atoms with Crippen LogP contribution in [0.2, 0.25) is 0 Å². The zero-order valence-electron chi connectivity index (χ0n) is 8.46. The molecule has 3 aromatic rings. The smallest absolute Gasteiger partial charge is 0.166 e. The second kappa shape index (κ2) is 3.85. The van der Waals surface area contributed by atoms with Gasteiger partial charge in [0, 0.05) is 5.69 Å². The second-order valence-electron chi connectivity index (χ2n) is 3.51. The van der Waals surface area contributed by atoms with E-state index in [-0.39, 0.29) is 0 Å². The van der Waals surface area contributed by atoms with Crippen LogP contribution in [-0.2, 0) is 0 Å². The Morgan fingerprint density at radius 1 is 0.875 bits per heavy atom. The predicted octanol–water partition coefficient (Wildman–Crippen LogP) is 4.42. The molecule has 1 heterocycles. The van der Waals surface area contributed by atoms with Crippen LogP contribution in [0.25, 0.3) is 15.9 Å². The molecule has 0 bridgehead atoms. The van der Waals surface area contributed by atoms with Gasteiger partial charge in [-0.1, -0.05) is 30.3 Å². The van der Waals surface area contributed by atoms with E-state index in [1.807, 2.05) is 30.3 Å².